The summed E-state index contributed by atoms with van der Waals surface area (Å²) in [5, 5.41) is 13.1. The highest BCUT2D eigenvalue weighted by Gasteiger charge is 2.58. The minimum absolute atomic E-state index is 0.0346. The SMILES string of the molecule is COC(=O)N[C@H](C(=O)Nc1ccc(-c2c(C)n[nH]c2C)cc1)C1c2ccccc2CC12CC2. The van der Waals surface area contributed by atoms with Crippen molar-refractivity contribution in [3.8, 4) is 11.1 Å². The van der Waals surface area contributed by atoms with Crippen LogP contribution < -0.4 is 10.6 Å². The largest absolute Gasteiger partial charge is 0.453 e. The van der Waals surface area contributed by atoms with E-state index < -0.39 is 12.1 Å². The third-order valence-corrected chi connectivity index (χ3v) is 7.13. The molecule has 170 valence electrons. The standard InChI is InChI=1S/C26H28N4O3/c1-15-21(16(2)30-29-15)17-8-10-19(11-9-17)27-24(31)23(28-25(32)33-3)22-20-7-5-4-6-18(20)14-26(22)12-13-26/h4-11,22-23H,12-14H2,1-3H3,(H,27,31)(H,28,32)(H,29,30)/t22?,23-/m0/s1. The van der Waals surface area contributed by atoms with Gasteiger partial charge in [0.1, 0.15) is 6.04 Å². The highest BCUT2D eigenvalue weighted by molar-refractivity contribution is 5.98. The number of nitrogens with zero attached hydrogens (tertiary/aromatic N) is 1. The Labute approximate surface area is 192 Å². The van der Waals surface area contributed by atoms with Crippen LogP contribution in [0.25, 0.3) is 11.1 Å². The van der Waals surface area contributed by atoms with Gasteiger partial charge in [0, 0.05) is 22.9 Å². The fraction of sp³-hybridized carbons (Fsp3) is 0.346. The molecule has 7 nitrogen and oxygen atoms in total. The number of amides is 2. The van der Waals surface area contributed by atoms with Crippen LogP contribution >= 0.6 is 0 Å². The zero-order valence-electron chi connectivity index (χ0n) is 19.1. The molecule has 5 rings (SSSR count). The van der Waals surface area contributed by atoms with Gasteiger partial charge in [0.15, 0.2) is 0 Å². The molecule has 3 aromatic rings. The first kappa shape index (κ1) is 21.2. The van der Waals surface area contributed by atoms with E-state index in [0.717, 1.165) is 47.3 Å². The molecule has 1 aromatic heterocycles. The minimum Gasteiger partial charge on any atom is -0.453 e. The van der Waals surface area contributed by atoms with Crippen LogP contribution in [0.4, 0.5) is 10.5 Å². The highest BCUT2D eigenvalue weighted by atomic mass is 16.5. The highest BCUT2D eigenvalue weighted by Crippen LogP contribution is 2.64. The molecule has 33 heavy (non-hydrogen) atoms. The molecule has 0 radical (unpaired) electrons. The lowest BCUT2D eigenvalue weighted by Crippen LogP contribution is -2.49. The first-order chi connectivity index (χ1) is 15.9. The van der Waals surface area contributed by atoms with Crippen molar-refractivity contribution in [2.24, 2.45) is 5.41 Å². The predicted molar refractivity (Wildman–Crippen MR) is 126 cm³/mol. The Morgan fingerprint density at radius 1 is 1.12 bits per heavy atom. The number of anilines is 1. The van der Waals surface area contributed by atoms with Gasteiger partial charge in [-0.15, -0.1) is 0 Å². The van der Waals surface area contributed by atoms with Crippen molar-refractivity contribution in [3.63, 3.8) is 0 Å². The summed E-state index contributed by atoms with van der Waals surface area (Å²) in [5.74, 6) is -0.319. The molecule has 0 saturated heterocycles. The van der Waals surface area contributed by atoms with E-state index in [-0.39, 0.29) is 17.2 Å². The van der Waals surface area contributed by atoms with Crippen molar-refractivity contribution >= 4 is 17.7 Å². The molecule has 2 aromatic carbocycles. The number of alkyl carbamates (subject to hydrolysis) is 1. The monoisotopic (exact) mass is 444 g/mol. The number of hydrogen-bond acceptors (Lipinski definition) is 4. The summed E-state index contributed by atoms with van der Waals surface area (Å²) in [5.41, 5.74) is 7.15. The van der Waals surface area contributed by atoms with Crippen molar-refractivity contribution < 1.29 is 14.3 Å². The summed E-state index contributed by atoms with van der Waals surface area (Å²) in [6.45, 7) is 3.95. The zero-order valence-corrected chi connectivity index (χ0v) is 19.1. The summed E-state index contributed by atoms with van der Waals surface area (Å²) >= 11 is 0. The van der Waals surface area contributed by atoms with Crippen LogP contribution in [0.2, 0.25) is 0 Å². The van der Waals surface area contributed by atoms with Gasteiger partial charge >= 0.3 is 6.09 Å². The first-order valence-electron chi connectivity index (χ1n) is 11.3. The number of aromatic nitrogens is 2. The first-order valence-corrected chi connectivity index (χ1v) is 11.3. The number of H-pyrrole nitrogens is 1. The van der Waals surface area contributed by atoms with E-state index in [1.165, 1.54) is 12.7 Å². The summed E-state index contributed by atoms with van der Waals surface area (Å²) in [6, 6.07) is 15.2. The number of carbonyl (C=O) groups excluding carboxylic acids is 2. The van der Waals surface area contributed by atoms with Gasteiger partial charge in [0.05, 0.1) is 12.8 Å². The number of carbonyl (C=O) groups is 2. The lowest BCUT2D eigenvalue weighted by molar-refractivity contribution is -0.119. The Balaban J connectivity index is 1.41. The van der Waals surface area contributed by atoms with Crippen LogP contribution in [0, 0.1) is 19.3 Å². The molecule has 1 unspecified atom stereocenters. The van der Waals surface area contributed by atoms with Crippen LogP contribution in [-0.4, -0.2) is 35.3 Å². The quantitative estimate of drug-likeness (QED) is 0.541. The summed E-state index contributed by atoms with van der Waals surface area (Å²) in [7, 11) is 1.32. The third kappa shape index (κ3) is 3.77. The Kier molecular flexibility index (Phi) is 5.19. The molecule has 1 saturated carbocycles. The van der Waals surface area contributed by atoms with E-state index in [9.17, 15) is 9.59 Å². The Hall–Kier alpha value is -3.61. The van der Waals surface area contributed by atoms with Crippen molar-refractivity contribution in [1.82, 2.24) is 15.5 Å². The molecular weight excluding hydrogens is 416 g/mol. The smallest absolute Gasteiger partial charge is 0.407 e. The molecule has 2 aliphatic rings. The van der Waals surface area contributed by atoms with E-state index in [1.54, 1.807) is 0 Å². The molecule has 7 heteroatoms. The van der Waals surface area contributed by atoms with E-state index in [2.05, 4.69) is 33.0 Å². The fourth-order valence-electron chi connectivity index (χ4n) is 5.40. The maximum Gasteiger partial charge on any atom is 0.407 e. The summed E-state index contributed by atoms with van der Waals surface area (Å²) < 4.78 is 4.86. The summed E-state index contributed by atoms with van der Waals surface area (Å²) in [6.07, 6.45) is 2.45. The van der Waals surface area contributed by atoms with Crippen LogP contribution in [0.5, 0.6) is 0 Å². The van der Waals surface area contributed by atoms with Crippen LogP contribution in [0.1, 0.15) is 41.3 Å². The number of methoxy groups -OCH3 is 1. The molecule has 3 N–H and O–H groups in total. The van der Waals surface area contributed by atoms with Gasteiger partial charge in [0.25, 0.3) is 0 Å². The molecule has 1 spiro atoms. The number of nitrogens with one attached hydrogen (secondary N) is 3. The topological polar surface area (TPSA) is 96.1 Å². The van der Waals surface area contributed by atoms with E-state index >= 15 is 0 Å². The van der Waals surface area contributed by atoms with Gasteiger partial charge in [-0.3, -0.25) is 9.89 Å². The van der Waals surface area contributed by atoms with Crippen molar-refractivity contribution in [2.45, 2.75) is 45.1 Å². The molecule has 1 fully saturated rings. The van der Waals surface area contributed by atoms with E-state index in [0.29, 0.717) is 5.69 Å². The van der Waals surface area contributed by atoms with E-state index in [4.69, 9.17) is 4.74 Å². The van der Waals surface area contributed by atoms with Crippen LogP contribution in [0.3, 0.4) is 0 Å². The minimum atomic E-state index is -0.721. The maximum absolute atomic E-state index is 13.5. The van der Waals surface area contributed by atoms with Gasteiger partial charge in [-0.1, -0.05) is 36.4 Å². The molecule has 2 amide bonds. The molecule has 2 atom stereocenters. The maximum atomic E-state index is 13.5. The van der Waals surface area contributed by atoms with Crippen LogP contribution in [0.15, 0.2) is 48.5 Å². The number of hydrogen-bond donors (Lipinski definition) is 3. The van der Waals surface area contributed by atoms with E-state index in [1.807, 2.05) is 50.2 Å². The van der Waals surface area contributed by atoms with Crippen molar-refractivity contribution in [1.29, 1.82) is 0 Å². The fourth-order valence-corrected chi connectivity index (χ4v) is 5.40. The van der Waals surface area contributed by atoms with Gasteiger partial charge < -0.3 is 15.4 Å². The Morgan fingerprint density at radius 3 is 2.48 bits per heavy atom. The molecular formula is C26H28N4O3. The average Bonchev–Trinajstić information content (AvgIpc) is 3.39. The molecule has 1 heterocycles. The second kappa shape index (κ2) is 8.06. The second-order valence-electron chi connectivity index (χ2n) is 9.20. The number of rotatable bonds is 5. The third-order valence-electron chi connectivity index (χ3n) is 7.13. The van der Waals surface area contributed by atoms with Crippen molar-refractivity contribution in [3.05, 3.63) is 71.0 Å². The van der Waals surface area contributed by atoms with Crippen molar-refractivity contribution in [2.75, 3.05) is 12.4 Å². The Morgan fingerprint density at radius 2 is 1.85 bits per heavy atom. The summed E-state index contributed by atoms with van der Waals surface area (Å²) in [4.78, 5) is 25.7. The average molecular weight is 445 g/mol. The number of fused-ring (bicyclic) bond motifs is 1. The Bertz CT molecular complexity index is 1190. The number of benzene rings is 2. The molecule has 0 bridgehead atoms. The molecule has 2 aliphatic carbocycles. The number of ether oxygens (including phenoxy) is 1. The van der Waals surface area contributed by atoms with Gasteiger partial charge in [0.2, 0.25) is 5.91 Å². The normalized spacial score (nSPS) is 18.5. The van der Waals surface area contributed by atoms with Gasteiger partial charge in [-0.05, 0) is 67.3 Å². The second-order valence-corrected chi connectivity index (χ2v) is 9.20. The van der Waals surface area contributed by atoms with Gasteiger partial charge in [-0.2, -0.15) is 5.10 Å². The molecule has 0 aliphatic heterocycles. The van der Waals surface area contributed by atoms with Gasteiger partial charge in [-0.25, -0.2) is 4.79 Å². The zero-order chi connectivity index (χ0) is 23.2. The lowest BCUT2D eigenvalue weighted by atomic mass is 9.82. The number of aromatic amines is 1. The lowest BCUT2D eigenvalue weighted by Gasteiger charge is -2.29. The van der Waals surface area contributed by atoms with Crippen LogP contribution in [-0.2, 0) is 16.0 Å². The predicted octanol–water partition coefficient (Wildman–Crippen LogP) is 4.48. The number of aryl methyl sites for hydroxylation is 2.